The predicted octanol–water partition coefficient (Wildman–Crippen LogP) is 1.48. The van der Waals surface area contributed by atoms with Gasteiger partial charge in [0.2, 0.25) is 0 Å². The van der Waals surface area contributed by atoms with E-state index in [1.54, 1.807) is 11.0 Å². The molecule has 4 rings (SSSR count). The molecule has 0 N–H and O–H groups in total. The number of non-ortho nitro benzene ring substituents is 1. The molecular weight excluding hydrogens is 260 g/mol. The van der Waals surface area contributed by atoms with E-state index in [-0.39, 0.29) is 23.1 Å². The molecule has 6 nitrogen and oxygen atoms in total. The van der Waals surface area contributed by atoms with Crippen LogP contribution in [0.1, 0.15) is 28.8 Å². The molecule has 2 fully saturated rings. The SMILES string of the molecule is O=C1c2cc([N+](=O)[O-])ccc2C2(CC2)CN1CC1CO1. The Hall–Kier alpha value is -1.95. The molecule has 1 aromatic carbocycles. The number of fused-ring (bicyclic) bond motifs is 2. The van der Waals surface area contributed by atoms with Gasteiger partial charge >= 0.3 is 0 Å². The number of hydrogen-bond donors (Lipinski definition) is 0. The molecule has 1 saturated heterocycles. The highest BCUT2D eigenvalue weighted by atomic mass is 16.6. The summed E-state index contributed by atoms with van der Waals surface area (Å²) in [4.78, 5) is 24.8. The van der Waals surface area contributed by atoms with Gasteiger partial charge in [0.25, 0.3) is 11.6 Å². The first-order valence-corrected chi connectivity index (χ1v) is 6.79. The van der Waals surface area contributed by atoms with Crippen molar-refractivity contribution in [1.29, 1.82) is 0 Å². The van der Waals surface area contributed by atoms with E-state index in [0.717, 1.165) is 24.9 Å². The molecule has 2 heterocycles. The average molecular weight is 274 g/mol. The van der Waals surface area contributed by atoms with Crippen LogP contribution in [0.4, 0.5) is 5.69 Å². The van der Waals surface area contributed by atoms with Crippen LogP contribution in [-0.2, 0) is 10.2 Å². The number of ether oxygens (including phenoxy) is 1. The van der Waals surface area contributed by atoms with E-state index in [9.17, 15) is 14.9 Å². The third kappa shape index (κ3) is 1.71. The molecular formula is C14H14N2O4. The van der Waals surface area contributed by atoms with Gasteiger partial charge in [-0.3, -0.25) is 14.9 Å². The number of benzene rings is 1. The number of amides is 1. The Kier molecular flexibility index (Phi) is 2.24. The normalized spacial score (nSPS) is 25.5. The zero-order valence-corrected chi connectivity index (χ0v) is 10.9. The zero-order chi connectivity index (χ0) is 13.9. The van der Waals surface area contributed by atoms with Gasteiger partial charge in [-0.2, -0.15) is 0 Å². The lowest BCUT2D eigenvalue weighted by molar-refractivity contribution is -0.384. The summed E-state index contributed by atoms with van der Waals surface area (Å²) in [5.74, 6) is -0.100. The van der Waals surface area contributed by atoms with Gasteiger partial charge in [-0.25, -0.2) is 0 Å². The van der Waals surface area contributed by atoms with Crippen molar-refractivity contribution in [2.75, 3.05) is 19.7 Å². The van der Waals surface area contributed by atoms with Crippen LogP contribution in [0.3, 0.4) is 0 Å². The highest BCUT2D eigenvalue weighted by molar-refractivity contribution is 5.98. The maximum absolute atomic E-state index is 12.5. The number of carbonyl (C=O) groups is 1. The second-order valence-corrected chi connectivity index (χ2v) is 5.91. The number of nitro benzene ring substituents is 1. The minimum Gasteiger partial charge on any atom is -0.371 e. The molecule has 1 aromatic rings. The highest BCUT2D eigenvalue weighted by Crippen LogP contribution is 2.52. The Morgan fingerprint density at radius 3 is 2.80 bits per heavy atom. The largest absolute Gasteiger partial charge is 0.371 e. The van der Waals surface area contributed by atoms with Gasteiger partial charge in [-0.1, -0.05) is 6.07 Å². The molecule has 1 atom stereocenters. The van der Waals surface area contributed by atoms with Crippen molar-refractivity contribution in [3.8, 4) is 0 Å². The van der Waals surface area contributed by atoms with Crippen molar-refractivity contribution >= 4 is 11.6 Å². The number of carbonyl (C=O) groups excluding carboxylic acids is 1. The molecule has 104 valence electrons. The summed E-state index contributed by atoms with van der Waals surface area (Å²) in [6.45, 7) is 2.03. The molecule has 3 aliphatic rings. The topological polar surface area (TPSA) is 76.0 Å². The first-order valence-electron chi connectivity index (χ1n) is 6.79. The molecule has 1 spiro atoms. The van der Waals surface area contributed by atoms with Crippen molar-refractivity contribution in [3.63, 3.8) is 0 Å². The number of epoxide rings is 1. The van der Waals surface area contributed by atoms with E-state index < -0.39 is 4.92 Å². The van der Waals surface area contributed by atoms with Gasteiger partial charge in [0.05, 0.1) is 23.2 Å². The van der Waals surface area contributed by atoms with E-state index in [1.807, 2.05) is 0 Å². The van der Waals surface area contributed by atoms with Crippen LogP contribution >= 0.6 is 0 Å². The van der Waals surface area contributed by atoms with Crippen molar-refractivity contribution in [3.05, 3.63) is 39.4 Å². The molecule has 2 aliphatic heterocycles. The van der Waals surface area contributed by atoms with Crippen LogP contribution in [0.15, 0.2) is 18.2 Å². The first kappa shape index (κ1) is 11.8. The summed E-state index contributed by atoms with van der Waals surface area (Å²) in [7, 11) is 0. The Labute approximate surface area is 115 Å². The predicted molar refractivity (Wildman–Crippen MR) is 69.7 cm³/mol. The maximum Gasteiger partial charge on any atom is 0.270 e. The Bertz CT molecular complexity index is 620. The number of nitro groups is 1. The lowest BCUT2D eigenvalue weighted by Gasteiger charge is -2.34. The van der Waals surface area contributed by atoms with Crippen LogP contribution in [0, 0.1) is 10.1 Å². The number of nitrogens with zero attached hydrogens (tertiary/aromatic N) is 2. The number of hydrogen-bond acceptors (Lipinski definition) is 4. The van der Waals surface area contributed by atoms with E-state index >= 15 is 0 Å². The fourth-order valence-electron chi connectivity index (χ4n) is 3.12. The first-order chi connectivity index (χ1) is 9.59. The van der Waals surface area contributed by atoms with Crippen LogP contribution in [0.5, 0.6) is 0 Å². The van der Waals surface area contributed by atoms with Gasteiger partial charge < -0.3 is 9.64 Å². The van der Waals surface area contributed by atoms with Gasteiger partial charge in [0.15, 0.2) is 0 Å². The minimum absolute atomic E-state index is 0.0163. The van der Waals surface area contributed by atoms with Crippen LogP contribution < -0.4 is 0 Å². The Morgan fingerprint density at radius 2 is 2.20 bits per heavy atom. The smallest absolute Gasteiger partial charge is 0.270 e. The fraction of sp³-hybridized carbons (Fsp3) is 0.500. The van der Waals surface area contributed by atoms with Gasteiger partial charge in [-0.15, -0.1) is 0 Å². The monoisotopic (exact) mass is 274 g/mol. The summed E-state index contributed by atoms with van der Waals surface area (Å²) in [6.07, 6.45) is 2.25. The minimum atomic E-state index is -0.448. The number of rotatable bonds is 3. The van der Waals surface area contributed by atoms with Crippen molar-refractivity contribution < 1.29 is 14.5 Å². The summed E-state index contributed by atoms with van der Waals surface area (Å²) >= 11 is 0. The van der Waals surface area contributed by atoms with Crippen molar-refractivity contribution in [2.45, 2.75) is 24.4 Å². The summed E-state index contributed by atoms with van der Waals surface area (Å²) in [5.41, 5.74) is 1.51. The highest BCUT2D eigenvalue weighted by Gasteiger charge is 2.52. The standard InChI is InChI=1S/C14H14N2O4/c17-13-11-5-9(16(18)19)1-2-12(11)14(3-4-14)8-15(13)6-10-7-20-10/h1-2,5,10H,3-4,6-8H2. The molecule has 20 heavy (non-hydrogen) atoms. The molecule has 1 amide bonds. The molecule has 1 saturated carbocycles. The van der Waals surface area contributed by atoms with Crippen LogP contribution in [0.2, 0.25) is 0 Å². The van der Waals surface area contributed by atoms with Crippen molar-refractivity contribution in [1.82, 2.24) is 4.90 Å². The summed E-state index contributed by atoms with van der Waals surface area (Å²) in [6, 6.07) is 4.70. The Balaban J connectivity index is 1.75. The molecule has 1 unspecified atom stereocenters. The average Bonchev–Trinajstić information content (AvgIpc) is 3.33. The molecule has 0 aromatic heterocycles. The van der Waals surface area contributed by atoms with Gasteiger partial charge in [0.1, 0.15) is 0 Å². The van der Waals surface area contributed by atoms with Gasteiger partial charge in [0, 0.05) is 30.6 Å². The molecule has 6 heteroatoms. The maximum atomic E-state index is 12.5. The van der Waals surface area contributed by atoms with Crippen LogP contribution in [-0.4, -0.2) is 41.5 Å². The second-order valence-electron chi connectivity index (χ2n) is 5.91. The third-order valence-corrected chi connectivity index (χ3v) is 4.48. The quantitative estimate of drug-likeness (QED) is 0.475. The van der Waals surface area contributed by atoms with Crippen molar-refractivity contribution in [2.24, 2.45) is 0 Å². The molecule has 0 radical (unpaired) electrons. The van der Waals surface area contributed by atoms with E-state index in [0.29, 0.717) is 18.7 Å². The second kappa shape index (κ2) is 3.79. The lowest BCUT2D eigenvalue weighted by atomic mass is 9.86. The zero-order valence-electron chi connectivity index (χ0n) is 10.9. The fourth-order valence-corrected chi connectivity index (χ4v) is 3.12. The molecule has 0 bridgehead atoms. The summed E-state index contributed by atoms with van der Waals surface area (Å²) < 4.78 is 5.20. The molecule has 1 aliphatic carbocycles. The Morgan fingerprint density at radius 1 is 1.45 bits per heavy atom. The van der Waals surface area contributed by atoms with E-state index in [1.165, 1.54) is 12.1 Å². The van der Waals surface area contributed by atoms with E-state index in [2.05, 4.69) is 0 Å². The van der Waals surface area contributed by atoms with Crippen LogP contribution in [0.25, 0.3) is 0 Å². The third-order valence-electron chi connectivity index (χ3n) is 4.48. The van der Waals surface area contributed by atoms with Gasteiger partial charge in [-0.05, 0) is 18.4 Å². The van der Waals surface area contributed by atoms with E-state index in [4.69, 9.17) is 4.74 Å². The summed E-state index contributed by atoms with van der Waals surface area (Å²) in [5, 5.41) is 10.9. The lowest BCUT2D eigenvalue weighted by Crippen LogP contribution is -2.45.